The largest absolute Gasteiger partial charge is 0.380 e. The number of hydrogen-bond acceptors (Lipinski definition) is 2. The Morgan fingerprint density at radius 2 is 1.30 bits per heavy atom. The first-order valence-corrected chi connectivity index (χ1v) is 3.57. The molecule has 2 N–H and O–H groups in total. The summed E-state index contributed by atoms with van der Waals surface area (Å²) in [5, 5.41) is 17.8. The summed E-state index contributed by atoms with van der Waals surface area (Å²) >= 11 is 0. The molecule has 0 aliphatic carbocycles. The third-order valence-electron chi connectivity index (χ3n) is 1.19. The minimum Gasteiger partial charge on any atom is -0.380 e. The van der Waals surface area contributed by atoms with Gasteiger partial charge in [0.1, 0.15) is 12.2 Å². The van der Waals surface area contributed by atoms with Crippen LogP contribution in [0.4, 0.5) is 0 Å². The molecule has 2 nitrogen and oxygen atoms in total. The molecule has 0 fully saturated rings. The van der Waals surface area contributed by atoms with E-state index < -0.39 is 12.2 Å². The van der Waals surface area contributed by atoms with Crippen LogP contribution >= 0.6 is 0 Å². The van der Waals surface area contributed by atoms with Gasteiger partial charge in [0, 0.05) is 0 Å². The van der Waals surface area contributed by atoms with E-state index in [9.17, 15) is 0 Å². The molecule has 58 valence electrons. The lowest BCUT2D eigenvalue weighted by atomic mass is 10.2. The lowest BCUT2D eigenvalue weighted by Crippen LogP contribution is -2.04. The number of rotatable bonds is 2. The molecule has 2 atom stereocenters. The van der Waals surface area contributed by atoms with Gasteiger partial charge in [-0.15, -0.1) is 0 Å². The van der Waals surface area contributed by atoms with Gasteiger partial charge >= 0.3 is 0 Å². The first-order chi connectivity index (χ1) is 4.70. The smallest absolute Gasteiger partial charge is 0.114 e. The summed E-state index contributed by atoms with van der Waals surface area (Å²) in [6, 6.07) is 0. The Balaban J connectivity index is 3.66. The van der Waals surface area contributed by atoms with Crippen molar-refractivity contribution in [2.24, 2.45) is 0 Å². The Bertz CT molecular complexity index is 118. The second-order valence-electron chi connectivity index (χ2n) is 2.14. The van der Waals surface area contributed by atoms with Crippen LogP contribution in [0.15, 0.2) is 0 Å². The zero-order valence-corrected chi connectivity index (χ0v) is 6.46. The fourth-order valence-corrected chi connectivity index (χ4v) is 0.397. The SMILES string of the molecule is CC[C@H](O)C#C[C@H](O)CC. The topological polar surface area (TPSA) is 40.5 Å². The number of aliphatic hydroxyl groups is 2. The second-order valence-corrected chi connectivity index (χ2v) is 2.14. The third-order valence-corrected chi connectivity index (χ3v) is 1.19. The Hall–Kier alpha value is -0.520. The van der Waals surface area contributed by atoms with E-state index >= 15 is 0 Å². The zero-order chi connectivity index (χ0) is 7.98. The molecule has 0 rings (SSSR count). The van der Waals surface area contributed by atoms with Gasteiger partial charge in [-0.2, -0.15) is 0 Å². The Morgan fingerprint density at radius 1 is 1.00 bits per heavy atom. The van der Waals surface area contributed by atoms with Crippen molar-refractivity contribution in [1.29, 1.82) is 0 Å². The molecule has 0 amide bonds. The molecule has 0 unspecified atom stereocenters. The van der Waals surface area contributed by atoms with Crippen LogP contribution in [0.3, 0.4) is 0 Å². The van der Waals surface area contributed by atoms with E-state index in [1.54, 1.807) is 0 Å². The maximum absolute atomic E-state index is 8.92. The Labute approximate surface area is 61.9 Å². The van der Waals surface area contributed by atoms with Crippen molar-refractivity contribution in [2.75, 3.05) is 0 Å². The maximum atomic E-state index is 8.92. The normalized spacial score (nSPS) is 15.2. The van der Waals surface area contributed by atoms with Gasteiger partial charge in [-0.05, 0) is 12.8 Å². The van der Waals surface area contributed by atoms with Crippen LogP contribution in [0.25, 0.3) is 0 Å². The molecule has 0 spiro atoms. The van der Waals surface area contributed by atoms with E-state index in [1.807, 2.05) is 13.8 Å². The summed E-state index contributed by atoms with van der Waals surface area (Å²) in [4.78, 5) is 0. The number of aliphatic hydroxyl groups excluding tert-OH is 2. The molecule has 0 radical (unpaired) electrons. The van der Waals surface area contributed by atoms with Crippen LogP contribution in [0.5, 0.6) is 0 Å². The van der Waals surface area contributed by atoms with E-state index in [0.29, 0.717) is 12.8 Å². The summed E-state index contributed by atoms with van der Waals surface area (Å²) in [5.74, 6) is 5.08. The van der Waals surface area contributed by atoms with E-state index in [0.717, 1.165) is 0 Å². The fraction of sp³-hybridized carbons (Fsp3) is 0.750. The Kier molecular flexibility index (Phi) is 5.00. The summed E-state index contributed by atoms with van der Waals surface area (Å²) in [6.07, 6.45) is 0.0646. The van der Waals surface area contributed by atoms with Crippen molar-refractivity contribution in [2.45, 2.75) is 38.9 Å². The van der Waals surface area contributed by atoms with Gasteiger partial charge in [0.15, 0.2) is 0 Å². The average molecular weight is 142 g/mol. The monoisotopic (exact) mass is 142 g/mol. The minimum atomic E-state index is -0.582. The molecule has 0 aromatic rings. The van der Waals surface area contributed by atoms with Gasteiger partial charge in [-0.1, -0.05) is 25.7 Å². The van der Waals surface area contributed by atoms with Crippen LogP contribution in [0.1, 0.15) is 26.7 Å². The van der Waals surface area contributed by atoms with Crippen LogP contribution in [0.2, 0.25) is 0 Å². The van der Waals surface area contributed by atoms with Crippen molar-refractivity contribution in [1.82, 2.24) is 0 Å². The van der Waals surface area contributed by atoms with Gasteiger partial charge in [-0.25, -0.2) is 0 Å². The molecule has 0 heterocycles. The number of hydrogen-bond donors (Lipinski definition) is 2. The quantitative estimate of drug-likeness (QED) is 0.552. The van der Waals surface area contributed by atoms with Crippen LogP contribution in [-0.4, -0.2) is 22.4 Å². The molecular formula is C8H14O2. The molecule has 0 saturated carbocycles. The van der Waals surface area contributed by atoms with E-state index in [1.165, 1.54) is 0 Å². The molecule has 2 heteroatoms. The molecule has 0 aliphatic heterocycles. The second kappa shape index (κ2) is 5.28. The fourth-order valence-electron chi connectivity index (χ4n) is 0.397. The molecule has 0 bridgehead atoms. The van der Waals surface area contributed by atoms with Crippen molar-refractivity contribution < 1.29 is 10.2 Å². The highest BCUT2D eigenvalue weighted by atomic mass is 16.3. The first-order valence-electron chi connectivity index (χ1n) is 3.57. The van der Waals surface area contributed by atoms with E-state index in [2.05, 4.69) is 11.8 Å². The lowest BCUT2D eigenvalue weighted by Gasteiger charge is -1.97. The molecule has 0 aromatic carbocycles. The highest BCUT2D eigenvalue weighted by molar-refractivity contribution is 5.08. The highest BCUT2D eigenvalue weighted by Crippen LogP contribution is 1.89. The van der Waals surface area contributed by atoms with Crippen LogP contribution < -0.4 is 0 Å². The minimum absolute atomic E-state index is 0.582. The molecular weight excluding hydrogens is 128 g/mol. The van der Waals surface area contributed by atoms with Gasteiger partial charge in [0.25, 0.3) is 0 Å². The standard InChI is InChI=1S/C8H14O2/c1-3-7(9)5-6-8(10)4-2/h7-10H,3-4H2,1-2H3/t7-,8+. The van der Waals surface area contributed by atoms with Gasteiger partial charge in [0.2, 0.25) is 0 Å². The predicted octanol–water partition coefficient (Wildman–Crippen LogP) is 0.532. The summed E-state index contributed by atoms with van der Waals surface area (Å²) in [5.41, 5.74) is 0. The molecule has 0 aromatic heterocycles. The summed E-state index contributed by atoms with van der Waals surface area (Å²) in [6.45, 7) is 3.69. The zero-order valence-electron chi connectivity index (χ0n) is 6.46. The predicted molar refractivity (Wildman–Crippen MR) is 40.4 cm³/mol. The van der Waals surface area contributed by atoms with E-state index in [-0.39, 0.29) is 0 Å². The van der Waals surface area contributed by atoms with Crippen LogP contribution in [0, 0.1) is 11.8 Å². The van der Waals surface area contributed by atoms with Crippen molar-refractivity contribution in [3.63, 3.8) is 0 Å². The van der Waals surface area contributed by atoms with Gasteiger partial charge < -0.3 is 10.2 Å². The molecule has 10 heavy (non-hydrogen) atoms. The van der Waals surface area contributed by atoms with Gasteiger partial charge in [0.05, 0.1) is 0 Å². The van der Waals surface area contributed by atoms with Crippen molar-refractivity contribution in [3.8, 4) is 11.8 Å². The average Bonchev–Trinajstić information content (AvgIpc) is 1.99. The Morgan fingerprint density at radius 3 is 1.50 bits per heavy atom. The third kappa shape index (κ3) is 4.37. The van der Waals surface area contributed by atoms with E-state index in [4.69, 9.17) is 10.2 Å². The summed E-state index contributed by atoms with van der Waals surface area (Å²) < 4.78 is 0. The van der Waals surface area contributed by atoms with Gasteiger partial charge in [-0.3, -0.25) is 0 Å². The summed E-state index contributed by atoms with van der Waals surface area (Å²) in [7, 11) is 0. The maximum Gasteiger partial charge on any atom is 0.114 e. The first kappa shape index (κ1) is 9.48. The van der Waals surface area contributed by atoms with Crippen LogP contribution in [-0.2, 0) is 0 Å². The van der Waals surface area contributed by atoms with Crippen molar-refractivity contribution in [3.05, 3.63) is 0 Å². The highest BCUT2D eigenvalue weighted by Gasteiger charge is 1.94. The lowest BCUT2D eigenvalue weighted by molar-refractivity contribution is 0.218. The molecule has 0 saturated heterocycles. The van der Waals surface area contributed by atoms with Crippen molar-refractivity contribution >= 4 is 0 Å². The molecule has 0 aliphatic rings.